The molecule has 0 bridgehead atoms. The summed E-state index contributed by atoms with van der Waals surface area (Å²) in [6, 6.07) is 13.0. The van der Waals surface area contributed by atoms with Crippen molar-refractivity contribution in [3.63, 3.8) is 0 Å². The van der Waals surface area contributed by atoms with Gasteiger partial charge in [0.1, 0.15) is 5.75 Å². The van der Waals surface area contributed by atoms with E-state index in [1.807, 2.05) is 45.0 Å². The molecule has 1 unspecified atom stereocenters. The predicted octanol–water partition coefficient (Wildman–Crippen LogP) is 1.85. The molecule has 140 valence electrons. The fraction of sp³-hybridized carbons (Fsp3) is 0.350. The first kappa shape index (κ1) is 17.3. The van der Waals surface area contributed by atoms with Gasteiger partial charge in [-0.2, -0.15) is 0 Å². The van der Waals surface area contributed by atoms with Crippen LogP contribution < -0.4 is 4.74 Å². The minimum Gasteiger partial charge on any atom is -0.496 e. The molecule has 1 atom stereocenters. The van der Waals surface area contributed by atoms with Crippen molar-refractivity contribution in [2.24, 2.45) is 0 Å². The highest BCUT2D eigenvalue weighted by Crippen LogP contribution is 2.25. The molecule has 0 N–H and O–H groups in total. The molecule has 0 saturated carbocycles. The Morgan fingerprint density at radius 3 is 2.74 bits per heavy atom. The number of benzene rings is 1. The van der Waals surface area contributed by atoms with Crippen LogP contribution in [0.2, 0.25) is 0 Å². The lowest BCUT2D eigenvalue weighted by molar-refractivity contribution is 0.0613. The molecular weight excluding hydrogens is 344 g/mol. The molecule has 27 heavy (non-hydrogen) atoms. The van der Waals surface area contributed by atoms with Gasteiger partial charge in [-0.05, 0) is 24.3 Å². The van der Waals surface area contributed by atoms with Crippen LogP contribution in [0.4, 0.5) is 4.79 Å². The van der Waals surface area contributed by atoms with Gasteiger partial charge >= 0.3 is 6.03 Å². The van der Waals surface area contributed by atoms with Gasteiger partial charge in [-0.1, -0.05) is 18.2 Å². The van der Waals surface area contributed by atoms with Gasteiger partial charge in [0.05, 0.1) is 31.0 Å². The average molecular weight is 366 g/mol. The number of aromatic nitrogens is 1. The van der Waals surface area contributed by atoms with E-state index in [2.05, 4.69) is 4.98 Å². The van der Waals surface area contributed by atoms with E-state index in [1.165, 1.54) is 0 Å². The SMILES string of the molecule is COc1ccccc1C(=O)N1CCN2C(=O)N(Cc3ccccn3)CC2C1. The van der Waals surface area contributed by atoms with Crippen molar-refractivity contribution < 1.29 is 14.3 Å². The molecule has 2 aromatic rings. The minimum atomic E-state index is -0.0530. The van der Waals surface area contributed by atoms with E-state index in [9.17, 15) is 9.59 Å². The second kappa shape index (κ2) is 7.26. The smallest absolute Gasteiger partial charge is 0.320 e. The summed E-state index contributed by atoms with van der Waals surface area (Å²) in [4.78, 5) is 35.4. The predicted molar refractivity (Wildman–Crippen MR) is 99.4 cm³/mol. The highest BCUT2D eigenvalue weighted by Gasteiger charge is 2.41. The van der Waals surface area contributed by atoms with Crippen molar-refractivity contribution in [3.8, 4) is 5.75 Å². The van der Waals surface area contributed by atoms with Gasteiger partial charge in [0, 0.05) is 32.4 Å². The third-order valence-electron chi connectivity index (χ3n) is 5.13. The number of hydrogen-bond acceptors (Lipinski definition) is 4. The van der Waals surface area contributed by atoms with E-state index in [0.717, 1.165) is 5.69 Å². The Morgan fingerprint density at radius 1 is 1.15 bits per heavy atom. The highest BCUT2D eigenvalue weighted by atomic mass is 16.5. The maximum absolute atomic E-state index is 12.9. The van der Waals surface area contributed by atoms with Gasteiger partial charge < -0.3 is 19.4 Å². The lowest BCUT2D eigenvalue weighted by Gasteiger charge is -2.36. The zero-order valence-corrected chi connectivity index (χ0v) is 15.2. The van der Waals surface area contributed by atoms with Crippen molar-refractivity contribution in [3.05, 3.63) is 59.9 Å². The van der Waals surface area contributed by atoms with E-state index in [4.69, 9.17) is 4.74 Å². The van der Waals surface area contributed by atoms with E-state index in [1.54, 1.807) is 25.4 Å². The van der Waals surface area contributed by atoms with Gasteiger partial charge in [-0.25, -0.2) is 4.79 Å². The Kier molecular flexibility index (Phi) is 4.66. The van der Waals surface area contributed by atoms with Crippen LogP contribution in [0.15, 0.2) is 48.7 Å². The summed E-state index contributed by atoms with van der Waals surface area (Å²) in [7, 11) is 1.56. The van der Waals surface area contributed by atoms with E-state index >= 15 is 0 Å². The van der Waals surface area contributed by atoms with Gasteiger partial charge in [0.25, 0.3) is 5.91 Å². The molecule has 7 nitrogen and oxygen atoms in total. The third-order valence-corrected chi connectivity index (χ3v) is 5.13. The first-order valence-electron chi connectivity index (χ1n) is 9.05. The van der Waals surface area contributed by atoms with Crippen molar-refractivity contribution in [2.75, 3.05) is 33.3 Å². The van der Waals surface area contributed by atoms with Crippen molar-refractivity contribution in [1.82, 2.24) is 19.7 Å². The van der Waals surface area contributed by atoms with Crippen LogP contribution in [-0.2, 0) is 6.54 Å². The first-order valence-corrected chi connectivity index (χ1v) is 9.05. The topological polar surface area (TPSA) is 66.0 Å². The number of hydrogen-bond donors (Lipinski definition) is 0. The zero-order valence-electron chi connectivity index (χ0n) is 15.2. The average Bonchev–Trinajstić information content (AvgIpc) is 3.03. The Balaban J connectivity index is 1.45. The van der Waals surface area contributed by atoms with Crippen LogP contribution in [0, 0.1) is 0 Å². The van der Waals surface area contributed by atoms with Crippen LogP contribution in [0.3, 0.4) is 0 Å². The van der Waals surface area contributed by atoms with Crippen molar-refractivity contribution in [1.29, 1.82) is 0 Å². The van der Waals surface area contributed by atoms with Gasteiger partial charge in [-0.15, -0.1) is 0 Å². The second-order valence-corrected chi connectivity index (χ2v) is 6.78. The summed E-state index contributed by atoms with van der Waals surface area (Å²) in [5, 5.41) is 0. The van der Waals surface area contributed by atoms with E-state index in [-0.39, 0.29) is 18.0 Å². The van der Waals surface area contributed by atoms with Gasteiger partial charge in [-0.3, -0.25) is 9.78 Å². The van der Waals surface area contributed by atoms with Crippen LogP contribution in [-0.4, -0.2) is 71.0 Å². The Hall–Kier alpha value is -3.09. The molecule has 3 heterocycles. The van der Waals surface area contributed by atoms with E-state index < -0.39 is 0 Å². The number of pyridine rings is 1. The monoisotopic (exact) mass is 366 g/mol. The number of methoxy groups -OCH3 is 1. The lowest BCUT2D eigenvalue weighted by atomic mass is 10.1. The molecule has 7 heteroatoms. The van der Waals surface area contributed by atoms with Gasteiger partial charge in [0.2, 0.25) is 0 Å². The van der Waals surface area contributed by atoms with Crippen molar-refractivity contribution >= 4 is 11.9 Å². The quantitative estimate of drug-likeness (QED) is 0.828. The van der Waals surface area contributed by atoms with Crippen LogP contribution in [0.5, 0.6) is 5.75 Å². The van der Waals surface area contributed by atoms with E-state index in [0.29, 0.717) is 44.0 Å². The van der Waals surface area contributed by atoms with Crippen molar-refractivity contribution in [2.45, 2.75) is 12.6 Å². The molecule has 1 aromatic carbocycles. The molecule has 2 fully saturated rings. The van der Waals surface area contributed by atoms with Crippen LogP contribution in [0.25, 0.3) is 0 Å². The number of carbonyl (C=O) groups excluding carboxylic acids is 2. The molecule has 2 aliphatic rings. The molecule has 2 saturated heterocycles. The Labute approximate surface area is 158 Å². The number of fused-ring (bicyclic) bond motifs is 1. The Morgan fingerprint density at radius 2 is 1.96 bits per heavy atom. The molecule has 3 amide bonds. The molecule has 1 aromatic heterocycles. The lowest BCUT2D eigenvalue weighted by Crippen LogP contribution is -2.53. The fourth-order valence-electron chi connectivity index (χ4n) is 3.77. The fourth-order valence-corrected chi connectivity index (χ4v) is 3.77. The number of urea groups is 1. The minimum absolute atomic E-state index is 0.00798. The molecule has 0 spiro atoms. The summed E-state index contributed by atoms with van der Waals surface area (Å²) in [6.45, 7) is 2.69. The number of carbonyl (C=O) groups is 2. The number of amides is 3. The highest BCUT2D eigenvalue weighted by molar-refractivity contribution is 5.97. The second-order valence-electron chi connectivity index (χ2n) is 6.78. The summed E-state index contributed by atoms with van der Waals surface area (Å²) >= 11 is 0. The maximum atomic E-state index is 12.9. The molecular formula is C20H22N4O3. The summed E-state index contributed by atoms with van der Waals surface area (Å²) in [6.07, 6.45) is 1.73. The number of rotatable bonds is 4. The third kappa shape index (κ3) is 3.32. The first-order chi connectivity index (χ1) is 13.2. The zero-order chi connectivity index (χ0) is 18.8. The summed E-state index contributed by atoms with van der Waals surface area (Å²) in [5.41, 5.74) is 1.43. The number of ether oxygens (including phenoxy) is 1. The van der Waals surface area contributed by atoms with Crippen LogP contribution in [0.1, 0.15) is 16.1 Å². The molecule has 0 aliphatic carbocycles. The maximum Gasteiger partial charge on any atom is 0.320 e. The number of para-hydroxylation sites is 1. The molecule has 4 rings (SSSR count). The Bertz CT molecular complexity index is 842. The number of nitrogens with zero attached hydrogens (tertiary/aromatic N) is 4. The largest absolute Gasteiger partial charge is 0.496 e. The van der Waals surface area contributed by atoms with Crippen LogP contribution >= 0.6 is 0 Å². The molecule has 0 radical (unpaired) electrons. The number of piperazine rings is 1. The van der Waals surface area contributed by atoms with Gasteiger partial charge in [0.15, 0.2) is 0 Å². The summed E-state index contributed by atoms with van der Waals surface area (Å²) < 4.78 is 5.32. The molecule has 2 aliphatic heterocycles. The standard InChI is InChI=1S/C20H22N4O3/c1-27-18-8-3-2-7-17(18)19(25)22-10-11-24-16(13-22)14-23(20(24)26)12-15-6-4-5-9-21-15/h2-9,16H,10-14H2,1H3. The normalized spacial score (nSPS) is 19.2. The summed E-state index contributed by atoms with van der Waals surface area (Å²) in [5.74, 6) is 0.520.